The number of amides is 1. The van der Waals surface area contributed by atoms with E-state index in [-0.39, 0.29) is 5.91 Å². The van der Waals surface area contributed by atoms with Crippen LogP contribution in [0.3, 0.4) is 0 Å². The van der Waals surface area contributed by atoms with Gasteiger partial charge in [-0.15, -0.1) is 0 Å². The summed E-state index contributed by atoms with van der Waals surface area (Å²) in [6.07, 6.45) is 0. The lowest BCUT2D eigenvalue weighted by molar-refractivity contribution is -0.128. The van der Waals surface area contributed by atoms with Crippen LogP contribution in [-0.4, -0.2) is 49.0 Å². The van der Waals surface area contributed by atoms with Gasteiger partial charge in [0, 0.05) is 26.2 Å². The normalized spacial score (nSPS) is 21.2. The molecule has 0 aromatic rings. The van der Waals surface area contributed by atoms with Gasteiger partial charge in [-0.05, 0) is 14.0 Å². The highest BCUT2D eigenvalue weighted by Gasteiger charge is 2.18. The van der Waals surface area contributed by atoms with E-state index in [1.54, 1.807) is 6.92 Å². The van der Waals surface area contributed by atoms with Gasteiger partial charge in [-0.3, -0.25) is 10.2 Å². The number of piperazine rings is 1. The number of carbonyl (C=O) groups is 1. The summed E-state index contributed by atoms with van der Waals surface area (Å²) in [5.41, 5.74) is 2.74. The van der Waals surface area contributed by atoms with Crippen molar-refractivity contribution in [1.29, 1.82) is 5.26 Å². The molecule has 1 rings (SSSR count). The number of nitriles is 1. The van der Waals surface area contributed by atoms with E-state index in [2.05, 4.69) is 17.4 Å². The largest absolute Gasteiger partial charge is 0.304 e. The monoisotopic (exact) mass is 196 g/mol. The third-order valence-corrected chi connectivity index (χ3v) is 2.36. The van der Waals surface area contributed by atoms with Crippen molar-refractivity contribution in [2.75, 3.05) is 33.2 Å². The molecule has 0 saturated carbocycles. The highest BCUT2D eigenvalue weighted by atomic mass is 16.2. The second kappa shape index (κ2) is 4.94. The fraction of sp³-hybridized carbons (Fsp3) is 0.778. The van der Waals surface area contributed by atoms with Crippen molar-refractivity contribution in [3.63, 3.8) is 0 Å². The number of nitrogens with zero attached hydrogens (tertiary/aromatic N) is 3. The standard InChI is InChI=1S/C9H16N4O/c1-8(7-10)9(14)11-13-5-3-12(2)4-6-13/h8H,3-6H2,1-2H3,(H,11,14). The predicted molar refractivity (Wildman–Crippen MR) is 52.0 cm³/mol. The number of hydrogen-bond donors (Lipinski definition) is 1. The number of carbonyl (C=O) groups excluding carboxylic acids is 1. The zero-order valence-corrected chi connectivity index (χ0v) is 8.66. The van der Waals surface area contributed by atoms with Crippen molar-refractivity contribution < 1.29 is 4.79 Å². The maximum atomic E-state index is 11.3. The van der Waals surface area contributed by atoms with Gasteiger partial charge < -0.3 is 4.90 Å². The Morgan fingerprint density at radius 3 is 2.50 bits per heavy atom. The molecule has 78 valence electrons. The lowest BCUT2D eigenvalue weighted by atomic mass is 10.2. The first-order valence-electron chi connectivity index (χ1n) is 4.77. The van der Waals surface area contributed by atoms with E-state index >= 15 is 0 Å². The van der Waals surface area contributed by atoms with Crippen LogP contribution >= 0.6 is 0 Å². The molecule has 1 saturated heterocycles. The molecule has 1 aliphatic heterocycles. The SMILES string of the molecule is CC(C#N)C(=O)NN1CCN(C)CC1. The highest BCUT2D eigenvalue weighted by Crippen LogP contribution is 1.98. The van der Waals surface area contributed by atoms with Gasteiger partial charge in [0.1, 0.15) is 5.92 Å². The number of hydrogen-bond acceptors (Lipinski definition) is 4. The number of rotatable bonds is 2. The van der Waals surface area contributed by atoms with Gasteiger partial charge in [0.05, 0.1) is 6.07 Å². The van der Waals surface area contributed by atoms with Crippen LogP contribution in [0.2, 0.25) is 0 Å². The summed E-state index contributed by atoms with van der Waals surface area (Å²) in [6.45, 7) is 5.13. The molecule has 1 amide bonds. The van der Waals surface area contributed by atoms with Crippen molar-refractivity contribution in [1.82, 2.24) is 15.3 Å². The third kappa shape index (κ3) is 2.98. The molecule has 0 aromatic carbocycles. The maximum absolute atomic E-state index is 11.3. The highest BCUT2D eigenvalue weighted by molar-refractivity contribution is 5.80. The van der Waals surface area contributed by atoms with E-state index in [0.717, 1.165) is 26.2 Å². The summed E-state index contributed by atoms with van der Waals surface area (Å²) in [4.78, 5) is 13.5. The predicted octanol–water partition coefficient (Wildman–Crippen LogP) is -0.575. The van der Waals surface area contributed by atoms with Crippen molar-refractivity contribution >= 4 is 5.91 Å². The molecule has 0 radical (unpaired) electrons. The van der Waals surface area contributed by atoms with E-state index in [1.165, 1.54) is 0 Å². The average molecular weight is 196 g/mol. The molecule has 0 spiro atoms. The van der Waals surface area contributed by atoms with Gasteiger partial charge in [-0.2, -0.15) is 5.26 Å². The van der Waals surface area contributed by atoms with E-state index < -0.39 is 5.92 Å². The van der Waals surface area contributed by atoms with Crippen LogP contribution in [0, 0.1) is 17.2 Å². The molecule has 1 fully saturated rings. The first-order chi connectivity index (χ1) is 6.63. The second-order valence-corrected chi connectivity index (χ2v) is 3.62. The first kappa shape index (κ1) is 11.0. The van der Waals surface area contributed by atoms with Gasteiger partial charge in [-0.25, -0.2) is 5.01 Å². The Morgan fingerprint density at radius 1 is 1.43 bits per heavy atom. The Kier molecular flexibility index (Phi) is 3.86. The number of likely N-dealkylation sites (N-methyl/N-ethyl adjacent to an activating group) is 1. The topological polar surface area (TPSA) is 59.4 Å². The van der Waals surface area contributed by atoms with Crippen molar-refractivity contribution in [3.05, 3.63) is 0 Å². The zero-order valence-electron chi connectivity index (χ0n) is 8.66. The van der Waals surface area contributed by atoms with Gasteiger partial charge in [-0.1, -0.05) is 0 Å². The molecule has 1 N–H and O–H groups in total. The molecular formula is C9H16N4O. The van der Waals surface area contributed by atoms with Gasteiger partial charge in [0.2, 0.25) is 0 Å². The molecule has 0 aromatic heterocycles. The van der Waals surface area contributed by atoms with Crippen molar-refractivity contribution in [3.8, 4) is 6.07 Å². The molecule has 5 nitrogen and oxygen atoms in total. The maximum Gasteiger partial charge on any atom is 0.251 e. The lowest BCUT2D eigenvalue weighted by Gasteiger charge is -2.32. The van der Waals surface area contributed by atoms with Crippen LogP contribution in [0.15, 0.2) is 0 Å². The van der Waals surface area contributed by atoms with E-state index in [4.69, 9.17) is 5.26 Å². The summed E-state index contributed by atoms with van der Waals surface area (Å²) in [6, 6.07) is 1.91. The number of nitrogens with one attached hydrogen (secondary N) is 1. The van der Waals surface area contributed by atoms with Gasteiger partial charge in [0.25, 0.3) is 5.91 Å². The summed E-state index contributed by atoms with van der Waals surface area (Å²) in [7, 11) is 2.05. The first-order valence-corrected chi connectivity index (χ1v) is 4.77. The van der Waals surface area contributed by atoms with Crippen LogP contribution in [0.1, 0.15) is 6.92 Å². The Bertz CT molecular complexity index is 240. The van der Waals surface area contributed by atoms with Crippen LogP contribution in [-0.2, 0) is 4.79 Å². The molecule has 1 unspecified atom stereocenters. The molecule has 1 heterocycles. The zero-order chi connectivity index (χ0) is 10.6. The molecule has 1 atom stereocenters. The summed E-state index contributed by atoms with van der Waals surface area (Å²) in [5.74, 6) is -0.785. The smallest absolute Gasteiger partial charge is 0.251 e. The van der Waals surface area contributed by atoms with Crippen molar-refractivity contribution in [2.24, 2.45) is 5.92 Å². The fourth-order valence-corrected chi connectivity index (χ4v) is 1.23. The molecule has 0 aliphatic carbocycles. The molecule has 5 heteroatoms. The Morgan fingerprint density at radius 2 is 2.00 bits per heavy atom. The summed E-state index contributed by atoms with van der Waals surface area (Å²) in [5, 5.41) is 10.4. The Hall–Kier alpha value is -1.12. The summed E-state index contributed by atoms with van der Waals surface area (Å²) >= 11 is 0. The van der Waals surface area contributed by atoms with Crippen LogP contribution in [0.5, 0.6) is 0 Å². The van der Waals surface area contributed by atoms with Gasteiger partial charge >= 0.3 is 0 Å². The minimum absolute atomic E-state index is 0.211. The van der Waals surface area contributed by atoms with Crippen LogP contribution < -0.4 is 5.43 Å². The molecular weight excluding hydrogens is 180 g/mol. The number of hydrazine groups is 1. The average Bonchev–Trinajstić information content (AvgIpc) is 2.20. The lowest BCUT2D eigenvalue weighted by Crippen LogP contribution is -2.53. The molecule has 14 heavy (non-hydrogen) atoms. The minimum Gasteiger partial charge on any atom is -0.304 e. The van der Waals surface area contributed by atoms with E-state index in [0.29, 0.717) is 0 Å². The summed E-state index contributed by atoms with van der Waals surface area (Å²) < 4.78 is 0. The fourth-order valence-electron chi connectivity index (χ4n) is 1.23. The molecule has 0 bridgehead atoms. The van der Waals surface area contributed by atoms with Crippen molar-refractivity contribution in [2.45, 2.75) is 6.92 Å². The van der Waals surface area contributed by atoms with Crippen LogP contribution in [0.25, 0.3) is 0 Å². The van der Waals surface area contributed by atoms with E-state index in [1.807, 2.05) is 11.1 Å². The van der Waals surface area contributed by atoms with Crippen LogP contribution in [0.4, 0.5) is 0 Å². The molecule has 1 aliphatic rings. The quantitative estimate of drug-likeness (QED) is 0.642. The third-order valence-electron chi connectivity index (χ3n) is 2.36. The Labute approximate surface area is 84.2 Å². The second-order valence-electron chi connectivity index (χ2n) is 3.62. The minimum atomic E-state index is -0.574. The van der Waals surface area contributed by atoms with E-state index in [9.17, 15) is 4.79 Å². The van der Waals surface area contributed by atoms with Gasteiger partial charge in [0.15, 0.2) is 0 Å². The Balaban J connectivity index is 2.32.